The van der Waals surface area contributed by atoms with Gasteiger partial charge in [0.15, 0.2) is 5.76 Å². The summed E-state index contributed by atoms with van der Waals surface area (Å²) >= 11 is 0. The molecule has 0 radical (unpaired) electrons. The molecule has 0 unspecified atom stereocenters. The van der Waals surface area contributed by atoms with Crippen molar-refractivity contribution in [3.63, 3.8) is 0 Å². The predicted octanol–water partition coefficient (Wildman–Crippen LogP) is 3.07. The SMILES string of the molecule is Cc1cc(CNC(=O)c2ccc(F)c(C(F)(F)F)c2)on1. The second kappa shape index (κ2) is 5.55. The van der Waals surface area contributed by atoms with Crippen LogP contribution in [0.5, 0.6) is 0 Å². The van der Waals surface area contributed by atoms with Gasteiger partial charge in [0.25, 0.3) is 5.91 Å². The summed E-state index contributed by atoms with van der Waals surface area (Å²) in [5.41, 5.74) is -1.16. The van der Waals surface area contributed by atoms with Crippen LogP contribution in [-0.2, 0) is 12.7 Å². The molecule has 1 amide bonds. The summed E-state index contributed by atoms with van der Waals surface area (Å²) in [5, 5.41) is 5.96. The molecule has 1 aromatic carbocycles. The number of amides is 1. The summed E-state index contributed by atoms with van der Waals surface area (Å²) in [5.74, 6) is -1.83. The van der Waals surface area contributed by atoms with Crippen LogP contribution in [-0.4, -0.2) is 11.1 Å². The highest BCUT2D eigenvalue weighted by Gasteiger charge is 2.34. The molecule has 1 N–H and O–H groups in total. The summed E-state index contributed by atoms with van der Waals surface area (Å²) in [6.07, 6.45) is -4.86. The fourth-order valence-corrected chi connectivity index (χ4v) is 1.65. The van der Waals surface area contributed by atoms with Crippen LogP contribution in [0.25, 0.3) is 0 Å². The molecular weight excluding hydrogens is 292 g/mol. The largest absolute Gasteiger partial charge is 0.419 e. The topological polar surface area (TPSA) is 55.1 Å². The molecule has 1 aromatic heterocycles. The highest BCUT2D eigenvalue weighted by atomic mass is 19.4. The van der Waals surface area contributed by atoms with Crippen LogP contribution in [0.4, 0.5) is 17.6 Å². The van der Waals surface area contributed by atoms with E-state index in [-0.39, 0.29) is 12.1 Å². The Morgan fingerprint density at radius 1 is 1.33 bits per heavy atom. The molecule has 0 spiro atoms. The summed E-state index contributed by atoms with van der Waals surface area (Å²) in [4.78, 5) is 11.8. The lowest BCUT2D eigenvalue weighted by Gasteiger charge is -2.10. The van der Waals surface area contributed by atoms with Gasteiger partial charge in [0.05, 0.1) is 17.8 Å². The molecule has 2 aromatic rings. The van der Waals surface area contributed by atoms with Crippen molar-refractivity contribution in [3.05, 3.63) is 52.7 Å². The average Bonchev–Trinajstić information content (AvgIpc) is 2.81. The zero-order chi connectivity index (χ0) is 15.6. The predicted molar refractivity (Wildman–Crippen MR) is 63.8 cm³/mol. The zero-order valence-electron chi connectivity index (χ0n) is 10.8. The highest BCUT2D eigenvalue weighted by molar-refractivity contribution is 5.94. The number of nitrogens with one attached hydrogen (secondary N) is 1. The number of benzene rings is 1. The third-order valence-electron chi connectivity index (χ3n) is 2.63. The Morgan fingerprint density at radius 3 is 2.62 bits per heavy atom. The Hall–Kier alpha value is -2.38. The fourth-order valence-electron chi connectivity index (χ4n) is 1.65. The number of carbonyl (C=O) groups is 1. The highest BCUT2D eigenvalue weighted by Crippen LogP contribution is 2.31. The second-order valence-electron chi connectivity index (χ2n) is 4.31. The lowest BCUT2D eigenvalue weighted by Crippen LogP contribution is -2.23. The van der Waals surface area contributed by atoms with Crippen molar-refractivity contribution in [2.75, 3.05) is 0 Å². The number of hydrogen-bond acceptors (Lipinski definition) is 3. The molecule has 4 nitrogen and oxygen atoms in total. The van der Waals surface area contributed by atoms with E-state index in [0.29, 0.717) is 23.6 Å². The van der Waals surface area contributed by atoms with E-state index in [0.717, 1.165) is 6.07 Å². The first-order chi connectivity index (χ1) is 9.77. The van der Waals surface area contributed by atoms with E-state index < -0.39 is 23.5 Å². The molecule has 0 saturated heterocycles. The zero-order valence-corrected chi connectivity index (χ0v) is 10.8. The molecule has 112 valence electrons. The van der Waals surface area contributed by atoms with Crippen LogP contribution in [0.2, 0.25) is 0 Å². The number of hydrogen-bond donors (Lipinski definition) is 1. The van der Waals surface area contributed by atoms with E-state index in [1.807, 2.05) is 0 Å². The molecule has 2 rings (SSSR count). The van der Waals surface area contributed by atoms with Crippen molar-refractivity contribution in [1.82, 2.24) is 10.5 Å². The van der Waals surface area contributed by atoms with E-state index in [9.17, 15) is 22.4 Å². The average molecular weight is 302 g/mol. The van der Waals surface area contributed by atoms with Crippen LogP contribution in [0, 0.1) is 12.7 Å². The van der Waals surface area contributed by atoms with Gasteiger partial charge >= 0.3 is 6.18 Å². The van der Waals surface area contributed by atoms with Crippen LogP contribution in [0.15, 0.2) is 28.8 Å². The van der Waals surface area contributed by atoms with Gasteiger partial charge in [-0.25, -0.2) is 4.39 Å². The number of aromatic nitrogens is 1. The second-order valence-corrected chi connectivity index (χ2v) is 4.31. The van der Waals surface area contributed by atoms with Gasteiger partial charge in [-0.1, -0.05) is 5.16 Å². The summed E-state index contributed by atoms with van der Waals surface area (Å²) in [6, 6.07) is 3.63. The maximum absolute atomic E-state index is 13.1. The maximum atomic E-state index is 13.1. The molecule has 0 aliphatic rings. The Labute approximate surface area is 116 Å². The first kappa shape index (κ1) is 15.0. The Morgan fingerprint density at radius 2 is 2.05 bits per heavy atom. The summed E-state index contributed by atoms with van der Waals surface area (Å²) in [7, 11) is 0. The van der Waals surface area contributed by atoms with Crippen molar-refractivity contribution < 1.29 is 26.9 Å². The van der Waals surface area contributed by atoms with Crippen LogP contribution in [0.1, 0.15) is 27.4 Å². The lowest BCUT2D eigenvalue weighted by atomic mass is 10.1. The Kier molecular flexibility index (Phi) is 3.97. The minimum Gasteiger partial charge on any atom is -0.359 e. The number of halogens is 4. The number of nitrogens with zero attached hydrogens (tertiary/aromatic N) is 1. The molecule has 0 saturated carbocycles. The van der Waals surface area contributed by atoms with E-state index in [1.165, 1.54) is 0 Å². The fraction of sp³-hybridized carbons (Fsp3) is 0.231. The van der Waals surface area contributed by atoms with Crippen LogP contribution >= 0.6 is 0 Å². The smallest absolute Gasteiger partial charge is 0.359 e. The van der Waals surface area contributed by atoms with Gasteiger partial charge in [0.2, 0.25) is 0 Å². The first-order valence-corrected chi connectivity index (χ1v) is 5.84. The number of aryl methyl sites for hydroxylation is 1. The number of rotatable bonds is 3. The van der Waals surface area contributed by atoms with Crippen LogP contribution in [0.3, 0.4) is 0 Å². The standard InChI is InChI=1S/C13H10F4N2O2/c1-7-4-9(21-19-7)6-18-12(20)8-2-3-11(14)10(5-8)13(15,16)17/h2-5H,6H2,1H3,(H,18,20). The van der Waals surface area contributed by atoms with Crippen molar-refractivity contribution >= 4 is 5.91 Å². The molecule has 0 bridgehead atoms. The molecule has 0 aliphatic carbocycles. The van der Waals surface area contributed by atoms with Gasteiger partial charge in [-0.15, -0.1) is 0 Å². The minimum atomic E-state index is -4.86. The molecule has 0 aliphatic heterocycles. The molecule has 1 heterocycles. The van der Waals surface area contributed by atoms with Crippen molar-refractivity contribution in [2.24, 2.45) is 0 Å². The van der Waals surface area contributed by atoms with Gasteiger partial charge in [0, 0.05) is 11.6 Å². The molecule has 8 heteroatoms. The monoisotopic (exact) mass is 302 g/mol. The van der Waals surface area contributed by atoms with E-state index in [2.05, 4.69) is 10.5 Å². The van der Waals surface area contributed by atoms with Gasteiger partial charge in [-0.2, -0.15) is 13.2 Å². The molecular formula is C13H10F4N2O2. The van der Waals surface area contributed by atoms with E-state index >= 15 is 0 Å². The van der Waals surface area contributed by atoms with Gasteiger partial charge < -0.3 is 9.84 Å². The van der Waals surface area contributed by atoms with E-state index in [4.69, 9.17) is 4.52 Å². The van der Waals surface area contributed by atoms with Gasteiger partial charge in [-0.3, -0.25) is 4.79 Å². The summed E-state index contributed by atoms with van der Waals surface area (Å²) < 4.78 is 55.6. The molecule has 0 atom stereocenters. The number of carbonyl (C=O) groups excluding carboxylic acids is 1. The van der Waals surface area contributed by atoms with Gasteiger partial charge in [-0.05, 0) is 25.1 Å². The third-order valence-corrected chi connectivity index (χ3v) is 2.63. The van der Waals surface area contributed by atoms with Gasteiger partial charge in [0.1, 0.15) is 5.82 Å². The minimum absolute atomic E-state index is 0.0294. The summed E-state index contributed by atoms with van der Waals surface area (Å²) in [6.45, 7) is 1.66. The van der Waals surface area contributed by atoms with E-state index in [1.54, 1.807) is 13.0 Å². The molecule has 21 heavy (non-hydrogen) atoms. The van der Waals surface area contributed by atoms with Crippen molar-refractivity contribution in [3.8, 4) is 0 Å². The van der Waals surface area contributed by atoms with Crippen molar-refractivity contribution in [1.29, 1.82) is 0 Å². The maximum Gasteiger partial charge on any atom is 0.419 e. The molecule has 0 fully saturated rings. The Bertz CT molecular complexity index is 664. The normalized spacial score (nSPS) is 11.5. The number of alkyl halides is 3. The third kappa shape index (κ3) is 3.59. The van der Waals surface area contributed by atoms with Crippen LogP contribution < -0.4 is 5.32 Å². The van der Waals surface area contributed by atoms with Crippen molar-refractivity contribution in [2.45, 2.75) is 19.6 Å². The lowest BCUT2D eigenvalue weighted by molar-refractivity contribution is -0.140. The Balaban J connectivity index is 2.12. The quantitative estimate of drug-likeness (QED) is 0.887. The first-order valence-electron chi connectivity index (χ1n) is 5.84.